The SMILES string of the molecule is O=C(O)CCOC1CCN(Cc2cc(Cl)ccc2Cl)CC1. The third-order valence-corrected chi connectivity index (χ3v) is 4.21. The van der Waals surface area contributed by atoms with E-state index in [1.54, 1.807) is 6.07 Å². The molecule has 1 aromatic rings. The number of hydrogen-bond donors (Lipinski definition) is 1. The first-order valence-electron chi connectivity index (χ1n) is 7.04. The number of carboxylic acids is 1. The van der Waals surface area contributed by atoms with Crippen LogP contribution in [-0.2, 0) is 16.1 Å². The van der Waals surface area contributed by atoms with Crippen molar-refractivity contribution in [2.24, 2.45) is 0 Å². The van der Waals surface area contributed by atoms with Gasteiger partial charge in [0.1, 0.15) is 0 Å². The molecule has 0 spiro atoms. The van der Waals surface area contributed by atoms with Crippen molar-refractivity contribution < 1.29 is 14.6 Å². The quantitative estimate of drug-likeness (QED) is 0.867. The number of nitrogens with zero attached hydrogens (tertiary/aromatic N) is 1. The first-order chi connectivity index (χ1) is 10.0. The number of piperidine rings is 1. The number of aliphatic carboxylic acids is 1. The predicted octanol–water partition coefficient (Wildman–Crippen LogP) is 3.45. The molecular formula is C15H19Cl2NO3. The van der Waals surface area contributed by atoms with E-state index in [0.717, 1.165) is 43.1 Å². The molecule has 1 aliphatic heterocycles. The van der Waals surface area contributed by atoms with Gasteiger partial charge in [-0.15, -0.1) is 0 Å². The van der Waals surface area contributed by atoms with E-state index in [0.29, 0.717) is 11.6 Å². The summed E-state index contributed by atoms with van der Waals surface area (Å²) in [7, 11) is 0. The molecule has 0 radical (unpaired) electrons. The van der Waals surface area contributed by atoms with Crippen LogP contribution in [0.3, 0.4) is 0 Å². The van der Waals surface area contributed by atoms with E-state index in [-0.39, 0.29) is 12.5 Å². The van der Waals surface area contributed by atoms with Gasteiger partial charge in [0.15, 0.2) is 0 Å². The fourth-order valence-electron chi connectivity index (χ4n) is 2.45. The van der Waals surface area contributed by atoms with Crippen LogP contribution in [0, 0.1) is 0 Å². The van der Waals surface area contributed by atoms with Crippen molar-refractivity contribution >= 4 is 29.2 Å². The van der Waals surface area contributed by atoms with Gasteiger partial charge in [0, 0.05) is 29.7 Å². The molecule has 1 fully saturated rings. The topological polar surface area (TPSA) is 49.8 Å². The lowest BCUT2D eigenvalue weighted by atomic mass is 10.1. The third kappa shape index (κ3) is 5.47. The lowest BCUT2D eigenvalue weighted by Crippen LogP contribution is -2.36. The number of likely N-dealkylation sites (tertiary alicyclic amines) is 1. The Bertz CT molecular complexity index is 488. The van der Waals surface area contributed by atoms with Crippen LogP contribution in [-0.4, -0.2) is 41.8 Å². The van der Waals surface area contributed by atoms with Gasteiger partial charge >= 0.3 is 5.97 Å². The lowest BCUT2D eigenvalue weighted by Gasteiger charge is -2.32. The first-order valence-corrected chi connectivity index (χ1v) is 7.80. The minimum atomic E-state index is -0.817. The van der Waals surface area contributed by atoms with Crippen molar-refractivity contribution in [1.29, 1.82) is 0 Å². The predicted molar refractivity (Wildman–Crippen MR) is 83.0 cm³/mol. The Morgan fingerprint density at radius 2 is 2.05 bits per heavy atom. The van der Waals surface area contributed by atoms with Gasteiger partial charge in [0.25, 0.3) is 0 Å². The third-order valence-electron chi connectivity index (χ3n) is 3.61. The van der Waals surface area contributed by atoms with Crippen molar-refractivity contribution in [3.05, 3.63) is 33.8 Å². The molecule has 1 saturated heterocycles. The van der Waals surface area contributed by atoms with E-state index in [4.69, 9.17) is 33.0 Å². The average Bonchev–Trinajstić information content (AvgIpc) is 2.44. The second-order valence-corrected chi connectivity index (χ2v) is 6.07. The van der Waals surface area contributed by atoms with E-state index in [1.165, 1.54) is 0 Å². The molecule has 1 aliphatic rings. The Morgan fingerprint density at radius 1 is 1.33 bits per heavy atom. The number of hydrogen-bond acceptors (Lipinski definition) is 3. The molecule has 0 amide bonds. The summed E-state index contributed by atoms with van der Waals surface area (Å²) in [6.45, 7) is 2.91. The molecule has 116 valence electrons. The molecule has 1 N–H and O–H groups in total. The lowest BCUT2D eigenvalue weighted by molar-refractivity contribution is -0.138. The van der Waals surface area contributed by atoms with Gasteiger partial charge in [-0.2, -0.15) is 0 Å². The van der Waals surface area contributed by atoms with Gasteiger partial charge in [-0.05, 0) is 36.6 Å². The highest BCUT2D eigenvalue weighted by Crippen LogP contribution is 2.24. The highest BCUT2D eigenvalue weighted by Gasteiger charge is 2.20. The van der Waals surface area contributed by atoms with Crippen LogP contribution < -0.4 is 0 Å². The number of halogens is 2. The zero-order valence-corrected chi connectivity index (χ0v) is 13.2. The molecule has 4 nitrogen and oxygen atoms in total. The molecule has 0 atom stereocenters. The van der Waals surface area contributed by atoms with E-state index in [9.17, 15) is 4.79 Å². The summed E-state index contributed by atoms with van der Waals surface area (Å²) in [5.74, 6) is -0.817. The summed E-state index contributed by atoms with van der Waals surface area (Å²) in [4.78, 5) is 12.8. The number of ether oxygens (including phenoxy) is 1. The van der Waals surface area contributed by atoms with Crippen LogP contribution in [0.5, 0.6) is 0 Å². The number of carbonyl (C=O) groups is 1. The Kier molecular flexibility index (Phi) is 6.30. The van der Waals surface area contributed by atoms with Crippen LogP contribution in [0.15, 0.2) is 18.2 Å². The van der Waals surface area contributed by atoms with Crippen molar-refractivity contribution in [3.8, 4) is 0 Å². The molecule has 1 aromatic carbocycles. The summed E-state index contributed by atoms with van der Waals surface area (Å²) in [5, 5.41) is 10.0. The maximum Gasteiger partial charge on any atom is 0.305 e. The monoisotopic (exact) mass is 331 g/mol. The molecule has 1 heterocycles. The van der Waals surface area contributed by atoms with Gasteiger partial charge in [0.05, 0.1) is 19.1 Å². The van der Waals surface area contributed by atoms with Gasteiger partial charge in [-0.25, -0.2) is 0 Å². The van der Waals surface area contributed by atoms with Crippen LogP contribution in [0.1, 0.15) is 24.8 Å². The fourth-order valence-corrected chi connectivity index (χ4v) is 2.82. The number of carboxylic acid groups (broad SMARTS) is 1. The van der Waals surface area contributed by atoms with Crippen molar-refractivity contribution in [3.63, 3.8) is 0 Å². The largest absolute Gasteiger partial charge is 0.481 e. The molecule has 0 bridgehead atoms. The number of rotatable bonds is 6. The van der Waals surface area contributed by atoms with E-state index >= 15 is 0 Å². The summed E-state index contributed by atoms with van der Waals surface area (Å²) >= 11 is 12.2. The summed E-state index contributed by atoms with van der Waals surface area (Å²) < 4.78 is 5.58. The molecule has 6 heteroatoms. The van der Waals surface area contributed by atoms with Crippen molar-refractivity contribution in [2.45, 2.75) is 31.9 Å². The Labute approximate surface area is 134 Å². The molecule has 21 heavy (non-hydrogen) atoms. The van der Waals surface area contributed by atoms with Crippen LogP contribution in [0.2, 0.25) is 10.0 Å². The second-order valence-electron chi connectivity index (χ2n) is 5.23. The van der Waals surface area contributed by atoms with Crippen LogP contribution in [0.25, 0.3) is 0 Å². The van der Waals surface area contributed by atoms with E-state index < -0.39 is 5.97 Å². The molecular weight excluding hydrogens is 313 g/mol. The summed E-state index contributed by atoms with van der Waals surface area (Å²) in [5.41, 5.74) is 1.04. The van der Waals surface area contributed by atoms with Crippen molar-refractivity contribution in [2.75, 3.05) is 19.7 Å². The first kappa shape index (κ1) is 16.6. The maximum absolute atomic E-state index is 10.4. The standard InChI is InChI=1S/C15H19Cl2NO3/c16-12-1-2-14(17)11(9-12)10-18-6-3-13(4-7-18)21-8-5-15(19)20/h1-2,9,13H,3-8,10H2,(H,19,20). The molecule has 0 aliphatic carbocycles. The van der Waals surface area contributed by atoms with Gasteiger partial charge in [-0.1, -0.05) is 23.2 Å². The average molecular weight is 332 g/mol. The Morgan fingerprint density at radius 3 is 2.71 bits per heavy atom. The second kappa shape index (κ2) is 7.99. The van der Waals surface area contributed by atoms with E-state index in [2.05, 4.69) is 4.90 Å². The van der Waals surface area contributed by atoms with Gasteiger partial charge in [-0.3, -0.25) is 9.69 Å². The maximum atomic E-state index is 10.4. The zero-order chi connectivity index (χ0) is 15.2. The Hall–Kier alpha value is -0.810. The smallest absolute Gasteiger partial charge is 0.305 e. The van der Waals surface area contributed by atoms with Crippen LogP contribution >= 0.6 is 23.2 Å². The minimum absolute atomic E-state index is 0.0678. The molecule has 0 unspecified atom stereocenters. The molecule has 0 saturated carbocycles. The molecule has 0 aromatic heterocycles. The van der Waals surface area contributed by atoms with Crippen LogP contribution in [0.4, 0.5) is 0 Å². The van der Waals surface area contributed by atoms with Gasteiger partial charge in [0.2, 0.25) is 0 Å². The highest BCUT2D eigenvalue weighted by atomic mass is 35.5. The molecule has 2 rings (SSSR count). The summed E-state index contributed by atoms with van der Waals surface area (Å²) in [6, 6.07) is 5.51. The van der Waals surface area contributed by atoms with E-state index in [1.807, 2.05) is 12.1 Å². The Balaban J connectivity index is 1.76. The fraction of sp³-hybridized carbons (Fsp3) is 0.533. The number of benzene rings is 1. The summed E-state index contributed by atoms with van der Waals surface area (Å²) in [6.07, 6.45) is 2.06. The zero-order valence-electron chi connectivity index (χ0n) is 11.7. The van der Waals surface area contributed by atoms with Crippen molar-refractivity contribution in [1.82, 2.24) is 4.90 Å². The minimum Gasteiger partial charge on any atom is -0.481 e. The normalized spacial score (nSPS) is 17.0. The highest BCUT2D eigenvalue weighted by molar-refractivity contribution is 6.33. The van der Waals surface area contributed by atoms with Gasteiger partial charge < -0.3 is 9.84 Å².